The number of anilines is 1. The van der Waals surface area contributed by atoms with Gasteiger partial charge in [-0.2, -0.15) is 0 Å². The van der Waals surface area contributed by atoms with Gasteiger partial charge in [-0.15, -0.1) is 0 Å². The molecule has 2 aromatic carbocycles. The Balaban J connectivity index is 1.30. The van der Waals surface area contributed by atoms with Crippen molar-refractivity contribution in [3.63, 3.8) is 0 Å². The number of rotatable bonds is 4. The maximum atomic E-state index is 12.7. The Morgan fingerprint density at radius 2 is 1.89 bits per heavy atom. The van der Waals surface area contributed by atoms with E-state index >= 15 is 0 Å². The first-order chi connectivity index (χ1) is 13.6. The number of hydrogen-bond donors (Lipinski definition) is 1. The van der Waals surface area contributed by atoms with E-state index in [1.54, 1.807) is 0 Å². The second-order valence-corrected chi connectivity index (χ2v) is 7.81. The molecule has 0 spiro atoms. The molecule has 5 heteroatoms. The molecule has 1 atom stereocenters. The highest BCUT2D eigenvalue weighted by molar-refractivity contribution is 6.00. The smallest absolute Gasteiger partial charge is 0.266 e. The number of nitrogens with zero attached hydrogens (tertiary/aromatic N) is 1. The molecule has 146 valence electrons. The third-order valence-electron chi connectivity index (χ3n) is 5.65. The van der Waals surface area contributed by atoms with E-state index in [1.807, 2.05) is 36.1 Å². The minimum atomic E-state index is -0.759. The lowest BCUT2D eigenvalue weighted by molar-refractivity contribution is -0.138. The van der Waals surface area contributed by atoms with Gasteiger partial charge < -0.3 is 15.0 Å². The molecule has 0 saturated carbocycles. The maximum absolute atomic E-state index is 12.7. The van der Waals surface area contributed by atoms with Crippen LogP contribution in [-0.4, -0.2) is 35.9 Å². The molecule has 4 rings (SSSR count). The van der Waals surface area contributed by atoms with Crippen LogP contribution >= 0.6 is 0 Å². The van der Waals surface area contributed by atoms with Crippen LogP contribution in [0.4, 0.5) is 5.69 Å². The third kappa shape index (κ3) is 4.19. The van der Waals surface area contributed by atoms with E-state index in [9.17, 15) is 9.59 Å². The van der Waals surface area contributed by atoms with Crippen LogP contribution in [0.15, 0.2) is 48.5 Å². The van der Waals surface area contributed by atoms with E-state index in [4.69, 9.17) is 4.74 Å². The number of benzene rings is 2. The Kier molecular flexibility index (Phi) is 5.33. The van der Waals surface area contributed by atoms with Crippen molar-refractivity contribution in [2.24, 2.45) is 5.92 Å². The van der Waals surface area contributed by atoms with Gasteiger partial charge in [-0.05, 0) is 55.4 Å². The quantitative estimate of drug-likeness (QED) is 0.885. The maximum Gasteiger partial charge on any atom is 0.266 e. The fraction of sp³-hybridized carbons (Fsp3) is 0.391. The first kappa shape index (κ1) is 18.5. The number of aryl methyl sites for hydroxylation is 1. The molecule has 2 heterocycles. The Morgan fingerprint density at radius 1 is 1.14 bits per heavy atom. The number of piperidine rings is 1. The lowest BCUT2D eigenvalue weighted by atomic mass is 9.90. The van der Waals surface area contributed by atoms with E-state index < -0.39 is 6.10 Å². The van der Waals surface area contributed by atoms with Gasteiger partial charge in [0.2, 0.25) is 5.91 Å². The van der Waals surface area contributed by atoms with Gasteiger partial charge in [0.15, 0.2) is 6.10 Å². The van der Waals surface area contributed by atoms with Crippen molar-refractivity contribution in [1.82, 2.24) is 4.90 Å². The van der Waals surface area contributed by atoms with Crippen molar-refractivity contribution in [2.45, 2.75) is 38.7 Å². The minimum absolute atomic E-state index is 0.00567. The molecule has 2 amide bonds. The molecule has 1 saturated heterocycles. The molecule has 1 N–H and O–H groups in total. The second-order valence-electron chi connectivity index (χ2n) is 7.81. The van der Waals surface area contributed by atoms with E-state index in [1.165, 1.54) is 5.56 Å². The van der Waals surface area contributed by atoms with E-state index in [-0.39, 0.29) is 18.2 Å². The molecule has 2 aliphatic rings. The topological polar surface area (TPSA) is 58.6 Å². The summed E-state index contributed by atoms with van der Waals surface area (Å²) >= 11 is 0. The number of fused-ring (bicyclic) bond motifs is 1. The molecule has 2 aromatic rings. The van der Waals surface area contributed by atoms with Crippen molar-refractivity contribution in [3.05, 3.63) is 59.7 Å². The number of ether oxygens (including phenoxy) is 1. The van der Waals surface area contributed by atoms with Crippen LogP contribution in [-0.2, 0) is 16.0 Å². The SMILES string of the molecule is Cc1ccc2c(c1)NC(=O)C(CC(=O)N1CCC(Cc3ccccc3)CC1)O2. The molecule has 0 radical (unpaired) electrons. The number of carbonyl (C=O) groups is 2. The zero-order valence-corrected chi connectivity index (χ0v) is 16.2. The molecule has 0 aliphatic carbocycles. The Morgan fingerprint density at radius 3 is 2.64 bits per heavy atom. The molecule has 28 heavy (non-hydrogen) atoms. The minimum Gasteiger partial charge on any atom is -0.478 e. The lowest BCUT2D eigenvalue weighted by Gasteiger charge is -2.33. The second kappa shape index (κ2) is 8.05. The molecular formula is C23H26N2O3. The third-order valence-corrected chi connectivity index (χ3v) is 5.65. The molecule has 1 unspecified atom stereocenters. The zero-order valence-electron chi connectivity index (χ0n) is 16.2. The van der Waals surface area contributed by atoms with Gasteiger partial charge in [-0.1, -0.05) is 36.4 Å². The number of hydrogen-bond acceptors (Lipinski definition) is 3. The van der Waals surface area contributed by atoms with Crippen molar-refractivity contribution in [1.29, 1.82) is 0 Å². The molecule has 5 nitrogen and oxygen atoms in total. The highest BCUT2D eigenvalue weighted by Crippen LogP contribution is 2.31. The van der Waals surface area contributed by atoms with Crippen molar-refractivity contribution >= 4 is 17.5 Å². The molecule has 1 fully saturated rings. The Bertz CT molecular complexity index is 857. The fourth-order valence-corrected chi connectivity index (χ4v) is 4.02. The Hall–Kier alpha value is -2.82. The molecular weight excluding hydrogens is 352 g/mol. The normalized spacial score (nSPS) is 19.5. The van der Waals surface area contributed by atoms with Crippen LogP contribution in [0.2, 0.25) is 0 Å². The van der Waals surface area contributed by atoms with Gasteiger partial charge in [0.1, 0.15) is 5.75 Å². The van der Waals surface area contributed by atoms with Crippen LogP contribution < -0.4 is 10.1 Å². The Labute approximate surface area is 165 Å². The number of carbonyl (C=O) groups excluding carboxylic acids is 2. The van der Waals surface area contributed by atoms with Gasteiger partial charge in [0.25, 0.3) is 5.91 Å². The summed E-state index contributed by atoms with van der Waals surface area (Å²) in [5.74, 6) is 0.986. The number of nitrogens with one attached hydrogen (secondary N) is 1. The summed E-state index contributed by atoms with van der Waals surface area (Å²) < 4.78 is 5.80. The summed E-state index contributed by atoms with van der Waals surface area (Å²) in [4.78, 5) is 26.9. The average molecular weight is 378 g/mol. The van der Waals surface area contributed by atoms with Gasteiger partial charge in [-0.3, -0.25) is 9.59 Å². The molecule has 0 aromatic heterocycles. The average Bonchev–Trinajstić information content (AvgIpc) is 2.70. The van der Waals surface area contributed by atoms with Crippen LogP contribution in [0.25, 0.3) is 0 Å². The van der Waals surface area contributed by atoms with Gasteiger partial charge >= 0.3 is 0 Å². The van der Waals surface area contributed by atoms with Crippen LogP contribution in [0.5, 0.6) is 5.75 Å². The van der Waals surface area contributed by atoms with Crippen LogP contribution in [0.3, 0.4) is 0 Å². The highest BCUT2D eigenvalue weighted by atomic mass is 16.5. The van der Waals surface area contributed by atoms with E-state index in [0.29, 0.717) is 17.4 Å². The summed E-state index contributed by atoms with van der Waals surface area (Å²) in [6.45, 7) is 3.46. The first-order valence-corrected chi connectivity index (χ1v) is 9.98. The fourth-order valence-electron chi connectivity index (χ4n) is 4.02. The summed E-state index contributed by atoms with van der Waals surface area (Å²) in [7, 11) is 0. The predicted octanol–water partition coefficient (Wildman–Crippen LogP) is 3.57. The monoisotopic (exact) mass is 378 g/mol. The first-order valence-electron chi connectivity index (χ1n) is 9.98. The van der Waals surface area contributed by atoms with Crippen molar-refractivity contribution in [3.8, 4) is 5.75 Å². The standard InChI is InChI=1S/C23H26N2O3/c1-16-7-8-20-19(13-16)24-23(27)21(28-20)15-22(26)25-11-9-18(10-12-25)14-17-5-3-2-4-6-17/h2-8,13,18,21H,9-12,14-15H2,1H3,(H,24,27). The summed E-state index contributed by atoms with van der Waals surface area (Å²) in [6, 6.07) is 16.2. The number of likely N-dealkylation sites (tertiary alicyclic amines) is 1. The molecule has 0 bridgehead atoms. The van der Waals surface area contributed by atoms with E-state index in [0.717, 1.165) is 37.9 Å². The summed E-state index contributed by atoms with van der Waals surface area (Å²) in [5.41, 5.74) is 3.08. The van der Waals surface area contributed by atoms with E-state index in [2.05, 4.69) is 29.6 Å². The van der Waals surface area contributed by atoms with Gasteiger partial charge in [0, 0.05) is 13.1 Å². The van der Waals surface area contributed by atoms with Crippen molar-refractivity contribution in [2.75, 3.05) is 18.4 Å². The van der Waals surface area contributed by atoms with Gasteiger partial charge in [-0.25, -0.2) is 0 Å². The summed E-state index contributed by atoms with van der Waals surface area (Å²) in [6.07, 6.45) is 2.39. The van der Waals surface area contributed by atoms with Gasteiger partial charge in [0.05, 0.1) is 12.1 Å². The molecule has 2 aliphatic heterocycles. The number of amides is 2. The zero-order chi connectivity index (χ0) is 19.5. The highest BCUT2D eigenvalue weighted by Gasteiger charge is 2.32. The largest absolute Gasteiger partial charge is 0.478 e. The lowest BCUT2D eigenvalue weighted by Crippen LogP contribution is -2.44. The van der Waals surface area contributed by atoms with Crippen molar-refractivity contribution < 1.29 is 14.3 Å². The van der Waals surface area contributed by atoms with Crippen LogP contribution in [0, 0.1) is 12.8 Å². The predicted molar refractivity (Wildman–Crippen MR) is 108 cm³/mol. The summed E-state index contributed by atoms with van der Waals surface area (Å²) in [5, 5.41) is 2.86. The van der Waals surface area contributed by atoms with Crippen LogP contribution in [0.1, 0.15) is 30.4 Å².